The number of pyridine rings is 1. The van der Waals surface area contributed by atoms with Gasteiger partial charge in [-0.05, 0) is 47.5 Å². The second-order valence-corrected chi connectivity index (χ2v) is 8.65. The summed E-state index contributed by atoms with van der Waals surface area (Å²) >= 11 is 1.67. The summed E-state index contributed by atoms with van der Waals surface area (Å²) in [6, 6.07) is 23.9. The van der Waals surface area contributed by atoms with E-state index in [2.05, 4.69) is 22.4 Å². The Hall–Kier alpha value is -4.10. The van der Waals surface area contributed by atoms with Crippen molar-refractivity contribution < 1.29 is 19.0 Å². The van der Waals surface area contributed by atoms with Crippen molar-refractivity contribution in [2.75, 3.05) is 12.4 Å². The van der Waals surface area contributed by atoms with Crippen molar-refractivity contribution in [3.63, 3.8) is 0 Å². The SMILES string of the molecule is COc1cc(-c2cccc(F)c2)ncc1Nc1ccc(SCc2ccccc2)cc1C=CC(=O)O. The van der Waals surface area contributed by atoms with E-state index in [4.69, 9.17) is 9.84 Å². The molecule has 0 bridgehead atoms. The largest absolute Gasteiger partial charge is 0.494 e. The van der Waals surface area contributed by atoms with Crippen LogP contribution >= 0.6 is 11.8 Å². The number of anilines is 2. The zero-order valence-corrected chi connectivity index (χ0v) is 19.8. The quantitative estimate of drug-likeness (QED) is 0.195. The molecule has 1 heterocycles. The number of nitrogens with zero attached hydrogens (tertiary/aromatic N) is 1. The molecule has 0 fully saturated rings. The summed E-state index contributed by atoms with van der Waals surface area (Å²) in [6.45, 7) is 0. The van der Waals surface area contributed by atoms with Gasteiger partial charge in [-0.15, -0.1) is 11.8 Å². The Morgan fingerprint density at radius 1 is 1.06 bits per heavy atom. The number of aromatic nitrogens is 1. The number of carbonyl (C=O) groups is 1. The summed E-state index contributed by atoms with van der Waals surface area (Å²) in [6.07, 6.45) is 4.27. The number of rotatable bonds is 9. The average Bonchev–Trinajstić information content (AvgIpc) is 2.88. The first-order chi connectivity index (χ1) is 17.0. The van der Waals surface area contributed by atoms with Gasteiger partial charge in [-0.3, -0.25) is 4.98 Å². The molecule has 0 amide bonds. The number of aliphatic carboxylic acids is 1. The van der Waals surface area contributed by atoms with Gasteiger partial charge in [-0.2, -0.15) is 0 Å². The Balaban J connectivity index is 1.61. The molecule has 4 aromatic rings. The molecule has 0 aliphatic carbocycles. The van der Waals surface area contributed by atoms with E-state index in [0.29, 0.717) is 33.9 Å². The van der Waals surface area contributed by atoms with Crippen LogP contribution in [-0.4, -0.2) is 23.2 Å². The fourth-order valence-corrected chi connectivity index (χ4v) is 4.34. The fraction of sp³-hybridized carbons (Fsp3) is 0.0714. The van der Waals surface area contributed by atoms with Crippen molar-refractivity contribution in [2.24, 2.45) is 0 Å². The monoisotopic (exact) mass is 486 g/mol. The highest BCUT2D eigenvalue weighted by Gasteiger charge is 2.11. The van der Waals surface area contributed by atoms with Gasteiger partial charge in [-0.1, -0.05) is 42.5 Å². The molecule has 35 heavy (non-hydrogen) atoms. The van der Waals surface area contributed by atoms with Gasteiger partial charge in [-0.25, -0.2) is 9.18 Å². The van der Waals surface area contributed by atoms with Crippen LogP contribution in [0, 0.1) is 5.82 Å². The number of halogens is 1. The van der Waals surface area contributed by atoms with Crippen LogP contribution in [-0.2, 0) is 10.5 Å². The van der Waals surface area contributed by atoms with E-state index in [0.717, 1.165) is 16.7 Å². The number of carboxylic acids is 1. The van der Waals surface area contributed by atoms with E-state index < -0.39 is 5.97 Å². The molecule has 0 atom stereocenters. The molecule has 0 radical (unpaired) electrons. The third-order valence-electron chi connectivity index (χ3n) is 5.15. The van der Waals surface area contributed by atoms with E-state index in [9.17, 15) is 9.18 Å². The molecule has 0 aliphatic rings. The Morgan fingerprint density at radius 3 is 2.63 bits per heavy atom. The maximum absolute atomic E-state index is 13.6. The van der Waals surface area contributed by atoms with Crippen LogP contribution in [0.15, 0.2) is 96.0 Å². The number of benzene rings is 3. The Kier molecular flexibility index (Phi) is 7.80. The van der Waals surface area contributed by atoms with Gasteiger partial charge >= 0.3 is 5.97 Å². The first-order valence-corrected chi connectivity index (χ1v) is 11.8. The second-order valence-electron chi connectivity index (χ2n) is 7.60. The lowest BCUT2D eigenvalue weighted by Crippen LogP contribution is -1.99. The Morgan fingerprint density at radius 2 is 1.89 bits per heavy atom. The fourth-order valence-electron chi connectivity index (χ4n) is 3.43. The molecule has 0 saturated carbocycles. The highest BCUT2D eigenvalue weighted by atomic mass is 32.2. The molecule has 0 saturated heterocycles. The highest BCUT2D eigenvalue weighted by molar-refractivity contribution is 7.98. The summed E-state index contributed by atoms with van der Waals surface area (Å²) in [5.74, 6) is -0.0490. The summed E-state index contributed by atoms with van der Waals surface area (Å²) < 4.78 is 19.2. The number of methoxy groups -OCH3 is 1. The third-order valence-corrected chi connectivity index (χ3v) is 6.22. The van der Waals surface area contributed by atoms with Gasteiger partial charge in [0.2, 0.25) is 0 Å². The molecule has 176 valence electrons. The number of carboxylic acid groups (broad SMARTS) is 1. The number of hydrogen-bond acceptors (Lipinski definition) is 5. The van der Waals surface area contributed by atoms with Crippen LogP contribution in [0.4, 0.5) is 15.8 Å². The zero-order valence-electron chi connectivity index (χ0n) is 18.9. The maximum Gasteiger partial charge on any atom is 0.328 e. The lowest BCUT2D eigenvalue weighted by atomic mass is 10.1. The van der Waals surface area contributed by atoms with E-state index in [1.165, 1.54) is 17.7 Å². The topological polar surface area (TPSA) is 71.5 Å². The molecule has 0 unspecified atom stereocenters. The maximum atomic E-state index is 13.6. The molecule has 1 aromatic heterocycles. The molecule has 5 nitrogen and oxygen atoms in total. The molecule has 0 spiro atoms. The van der Waals surface area contributed by atoms with E-state index >= 15 is 0 Å². The van der Waals surface area contributed by atoms with Crippen LogP contribution < -0.4 is 10.1 Å². The van der Waals surface area contributed by atoms with Crippen LogP contribution in [0.25, 0.3) is 17.3 Å². The van der Waals surface area contributed by atoms with Gasteiger partial charge in [0.1, 0.15) is 11.6 Å². The number of ether oxygens (including phenoxy) is 1. The van der Waals surface area contributed by atoms with Crippen LogP contribution in [0.1, 0.15) is 11.1 Å². The van der Waals surface area contributed by atoms with Gasteiger partial charge in [0.25, 0.3) is 0 Å². The van der Waals surface area contributed by atoms with Crippen molar-refractivity contribution in [3.05, 3.63) is 108 Å². The normalized spacial score (nSPS) is 10.9. The van der Waals surface area contributed by atoms with Gasteiger partial charge in [0, 0.05) is 34.0 Å². The molecule has 2 N–H and O–H groups in total. The van der Waals surface area contributed by atoms with Crippen molar-refractivity contribution in [1.82, 2.24) is 4.98 Å². The molecule has 7 heteroatoms. The first kappa shape index (κ1) is 24.0. The Labute approximate surface area is 207 Å². The van der Waals surface area contributed by atoms with E-state index in [1.54, 1.807) is 49.3 Å². The predicted molar refractivity (Wildman–Crippen MR) is 139 cm³/mol. The molecular formula is C28H23FN2O3S. The molecule has 3 aromatic carbocycles. The lowest BCUT2D eigenvalue weighted by molar-refractivity contribution is -0.131. The second kappa shape index (κ2) is 11.4. The van der Waals surface area contributed by atoms with Gasteiger partial charge in [0.15, 0.2) is 0 Å². The summed E-state index contributed by atoms with van der Waals surface area (Å²) in [5, 5.41) is 12.4. The van der Waals surface area contributed by atoms with E-state index in [-0.39, 0.29) is 5.82 Å². The number of hydrogen-bond donors (Lipinski definition) is 2. The highest BCUT2D eigenvalue weighted by Crippen LogP contribution is 2.34. The lowest BCUT2D eigenvalue weighted by Gasteiger charge is -2.15. The van der Waals surface area contributed by atoms with Crippen LogP contribution in [0.2, 0.25) is 0 Å². The number of thioether (sulfide) groups is 1. The molecular weight excluding hydrogens is 463 g/mol. The number of nitrogens with one attached hydrogen (secondary N) is 1. The summed E-state index contributed by atoms with van der Waals surface area (Å²) in [4.78, 5) is 16.6. The minimum atomic E-state index is -1.03. The van der Waals surface area contributed by atoms with E-state index in [1.807, 2.05) is 36.4 Å². The summed E-state index contributed by atoms with van der Waals surface area (Å²) in [7, 11) is 1.55. The van der Waals surface area contributed by atoms with Crippen LogP contribution in [0.3, 0.4) is 0 Å². The Bertz CT molecular complexity index is 1360. The van der Waals surface area contributed by atoms with Crippen molar-refractivity contribution in [1.29, 1.82) is 0 Å². The van der Waals surface area contributed by atoms with Crippen molar-refractivity contribution in [3.8, 4) is 17.0 Å². The summed E-state index contributed by atoms with van der Waals surface area (Å²) in [5.41, 5.74) is 4.43. The predicted octanol–water partition coefficient (Wildman–Crippen LogP) is 7.03. The average molecular weight is 487 g/mol. The standard InChI is InChI=1S/C28H23FN2O3S/c1-34-27-16-25(20-8-5-9-22(29)14-20)30-17-26(27)31-24-12-11-23(15-21(24)10-13-28(32)33)35-18-19-6-3-2-4-7-19/h2-17,31H,18H2,1H3,(H,32,33). The van der Waals surface area contributed by atoms with Crippen molar-refractivity contribution >= 4 is 35.2 Å². The van der Waals surface area contributed by atoms with Gasteiger partial charge in [0.05, 0.1) is 24.7 Å². The molecule has 0 aliphatic heterocycles. The minimum absolute atomic E-state index is 0.342. The van der Waals surface area contributed by atoms with Gasteiger partial charge < -0.3 is 15.2 Å². The molecule has 4 rings (SSSR count). The first-order valence-electron chi connectivity index (χ1n) is 10.8. The minimum Gasteiger partial charge on any atom is -0.494 e. The van der Waals surface area contributed by atoms with Crippen LogP contribution in [0.5, 0.6) is 5.75 Å². The zero-order chi connectivity index (χ0) is 24.6. The smallest absolute Gasteiger partial charge is 0.328 e. The van der Waals surface area contributed by atoms with Crippen molar-refractivity contribution in [2.45, 2.75) is 10.6 Å². The third kappa shape index (κ3) is 6.49.